The van der Waals surface area contributed by atoms with Gasteiger partial charge >= 0.3 is 6.18 Å². The molecular weight excluding hydrogens is 471 g/mol. The van der Waals surface area contributed by atoms with Crippen molar-refractivity contribution in [3.8, 4) is 11.8 Å². The van der Waals surface area contributed by atoms with Crippen molar-refractivity contribution in [3.05, 3.63) is 58.6 Å². The molecule has 0 saturated carbocycles. The number of ether oxygens (including phenoxy) is 1. The molecule has 12 heteroatoms. The van der Waals surface area contributed by atoms with Crippen molar-refractivity contribution in [1.82, 2.24) is 9.21 Å². The van der Waals surface area contributed by atoms with Gasteiger partial charge in [-0.25, -0.2) is 8.42 Å². The van der Waals surface area contributed by atoms with Gasteiger partial charge in [-0.3, -0.25) is 4.79 Å². The summed E-state index contributed by atoms with van der Waals surface area (Å²) in [4.78, 5) is 13.3. The largest absolute Gasteiger partial charge is 0.482 e. The molecule has 0 atom stereocenters. The third kappa shape index (κ3) is 5.15. The molecule has 1 aliphatic rings. The van der Waals surface area contributed by atoms with Gasteiger partial charge in [-0.05, 0) is 30.3 Å². The summed E-state index contributed by atoms with van der Waals surface area (Å²) < 4.78 is 71.2. The molecule has 3 rings (SSSR count). The lowest BCUT2D eigenvalue weighted by Gasteiger charge is -2.34. The predicted molar refractivity (Wildman–Crippen MR) is 108 cm³/mol. The summed E-state index contributed by atoms with van der Waals surface area (Å²) in [5.41, 5.74) is -0.957. The van der Waals surface area contributed by atoms with Gasteiger partial charge in [0.1, 0.15) is 11.8 Å². The number of benzene rings is 2. The van der Waals surface area contributed by atoms with E-state index in [0.29, 0.717) is 6.07 Å². The highest BCUT2D eigenvalue weighted by molar-refractivity contribution is 7.89. The van der Waals surface area contributed by atoms with Crippen LogP contribution in [0, 0.1) is 11.3 Å². The average Bonchev–Trinajstić information content (AvgIpc) is 2.77. The van der Waals surface area contributed by atoms with E-state index in [2.05, 4.69) is 0 Å². The van der Waals surface area contributed by atoms with Gasteiger partial charge in [-0.1, -0.05) is 23.7 Å². The standard InChI is InChI=1S/C20H17ClF3N3O4S/c21-17-6-5-15(11-16(17)20(22,23)24)32(29,30)27-9-7-26(8-10-27)19(28)13-31-18-4-2-1-3-14(18)12-25/h1-6,11H,7-10,13H2. The molecule has 0 unspecified atom stereocenters. The van der Waals surface area contributed by atoms with Crippen LogP contribution < -0.4 is 4.74 Å². The number of para-hydroxylation sites is 1. The summed E-state index contributed by atoms with van der Waals surface area (Å²) in [7, 11) is -4.21. The van der Waals surface area contributed by atoms with Gasteiger partial charge in [0.05, 0.1) is 21.0 Å². The molecule has 32 heavy (non-hydrogen) atoms. The zero-order valence-corrected chi connectivity index (χ0v) is 18.0. The molecule has 0 radical (unpaired) electrons. The first-order valence-electron chi connectivity index (χ1n) is 9.30. The summed E-state index contributed by atoms with van der Waals surface area (Å²) in [5.74, 6) is -0.145. The maximum atomic E-state index is 13.1. The molecule has 0 bridgehead atoms. The molecule has 1 aliphatic heterocycles. The van der Waals surface area contributed by atoms with Crippen molar-refractivity contribution >= 4 is 27.5 Å². The van der Waals surface area contributed by atoms with Crippen molar-refractivity contribution in [2.45, 2.75) is 11.1 Å². The number of alkyl halides is 3. The lowest BCUT2D eigenvalue weighted by atomic mass is 10.2. The van der Waals surface area contributed by atoms with E-state index < -0.39 is 37.6 Å². The van der Waals surface area contributed by atoms with Crippen LogP contribution in [0.4, 0.5) is 13.2 Å². The second-order valence-electron chi connectivity index (χ2n) is 6.82. The molecule has 1 saturated heterocycles. The highest BCUT2D eigenvalue weighted by Gasteiger charge is 2.36. The molecule has 2 aromatic carbocycles. The Bertz CT molecular complexity index is 1160. The van der Waals surface area contributed by atoms with Gasteiger partial charge in [0.25, 0.3) is 5.91 Å². The Morgan fingerprint density at radius 2 is 1.78 bits per heavy atom. The summed E-state index contributed by atoms with van der Waals surface area (Å²) >= 11 is 5.56. The number of halogens is 4. The van der Waals surface area contributed by atoms with Crippen LogP contribution in [0.25, 0.3) is 0 Å². The number of amides is 1. The Balaban J connectivity index is 1.64. The maximum Gasteiger partial charge on any atom is 0.417 e. The topological polar surface area (TPSA) is 90.7 Å². The highest BCUT2D eigenvalue weighted by Crippen LogP contribution is 2.36. The molecule has 0 spiro atoms. The Hall–Kier alpha value is -2.81. The van der Waals surface area contributed by atoms with Crippen LogP contribution in [0.1, 0.15) is 11.1 Å². The number of nitriles is 1. The number of carbonyl (C=O) groups is 1. The molecule has 1 fully saturated rings. The first kappa shape index (κ1) is 23.8. The van der Waals surface area contributed by atoms with Gasteiger partial charge in [-0.2, -0.15) is 22.7 Å². The number of piperazine rings is 1. The Morgan fingerprint density at radius 1 is 1.12 bits per heavy atom. The second kappa shape index (κ2) is 9.36. The van der Waals surface area contributed by atoms with Crippen LogP contribution in [0.2, 0.25) is 5.02 Å². The first-order valence-corrected chi connectivity index (χ1v) is 11.1. The van der Waals surface area contributed by atoms with E-state index in [1.807, 2.05) is 6.07 Å². The molecular formula is C20H17ClF3N3O4S. The van der Waals surface area contributed by atoms with E-state index in [-0.39, 0.29) is 44.1 Å². The van der Waals surface area contributed by atoms with Crippen LogP contribution in [-0.4, -0.2) is 56.3 Å². The fourth-order valence-corrected chi connectivity index (χ4v) is 4.80. The fraction of sp³-hybridized carbons (Fsp3) is 0.300. The summed E-state index contributed by atoms with van der Waals surface area (Å²) in [6.07, 6.45) is -4.79. The number of sulfonamides is 1. The van der Waals surface area contributed by atoms with Crippen molar-refractivity contribution in [1.29, 1.82) is 5.26 Å². The van der Waals surface area contributed by atoms with Crippen molar-refractivity contribution in [2.24, 2.45) is 0 Å². The number of hydrogen-bond donors (Lipinski definition) is 0. The minimum absolute atomic E-state index is 0.0427. The Kier molecular flexibility index (Phi) is 6.97. The molecule has 1 amide bonds. The van der Waals surface area contributed by atoms with E-state index >= 15 is 0 Å². The normalized spacial score (nSPS) is 15.3. The van der Waals surface area contributed by atoms with Crippen LogP contribution >= 0.6 is 11.6 Å². The van der Waals surface area contributed by atoms with E-state index in [0.717, 1.165) is 16.4 Å². The van der Waals surface area contributed by atoms with Gasteiger partial charge < -0.3 is 9.64 Å². The summed E-state index contributed by atoms with van der Waals surface area (Å²) in [6, 6.07) is 10.8. The number of hydrogen-bond acceptors (Lipinski definition) is 5. The maximum absolute atomic E-state index is 13.1. The van der Waals surface area contributed by atoms with E-state index in [1.165, 1.54) is 4.90 Å². The number of nitrogens with zero attached hydrogens (tertiary/aromatic N) is 3. The third-order valence-electron chi connectivity index (χ3n) is 4.83. The molecule has 7 nitrogen and oxygen atoms in total. The fourth-order valence-electron chi connectivity index (χ4n) is 3.12. The Morgan fingerprint density at radius 3 is 2.41 bits per heavy atom. The predicted octanol–water partition coefficient (Wildman–Crippen LogP) is 3.14. The third-order valence-corrected chi connectivity index (χ3v) is 7.06. The minimum atomic E-state index is -4.79. The smallest absolute Gasteiger partial charge is 0.417 e. The highest BCUT2D eigenvalue weighted by atomic mass is 35.5. The molecule has 0 aromatic heterocycles. The zero-order valence-electron chi connectivity index (χ0n) is 16.5. The van der Waals surface area contributed by atoms with Gasteiger partial charge in [-0.15, -0.1) is 0 Å². The molecule has 2 aromatic rings. The summed E-state index contributed by atoms with van der Waals surface area (Å²) in [5, 5.41) is 8.46. The van der Waals surface area contributed by atoms with Crippen molar-refractivity contribution in [3.63, 3.8) is 0 Å². The van der Waals surface area contributed by atoms with E-state index in [4.69, 9.17) is 21.6 Å². The van der Waals surface area contributed by atoms with Crippen LogP contribution in [0.3, 0.4) is 0 Å². The minimum Gasteiger partial charge on any atom is -0.482 e. The first-order chi connectivity index (χ1) is 15.0. The molecule has 0 aliphatic carbocycles. The number of carbonyl (C=O) groups excluding carboxylic acids is 1. The zero-order chi connectivity index (χ0) is 23.5. The van der Waals surface area contributed by atoms with Crippen molar-refractivity contribution < 1.29 is 31.1 Å². The van der Waals surface area contributed by atoms with Crippen LogP contribution in [-0.2, 0) is 21.0 Å². The van der Waals surface area contributed by atoms with E-state index in [9.17, 15) is 26.4 Å². The van der Waals surface area contributed by atoms with Crippen LogP contribution in [0.5, 0.6) is 5.75 Å². The second-order valence-corrected chi connectivity index (χ2v) is 9.17. The Labute approximate surface area is 187 Å². The SMILES string of the molecule is N#Cc1ccccc1OCC(=O)N1CCN(S(=O)(=O)c2ccc(Cl)c(C(F)(F)F)c2)CC1. The van der Waals surface area contributed by atoms with Gasteiger partial charge in [0.2, 0.25) is 10.0 Å². The molecule has 0 N–H and O–H groups in total. The summed E-state index contributed by atoms with van der Waals surface area (Å²) in [6.45, 7) is -0.431. The molecule has 1 heterocycles. The average molecular weight is 488 g/mol. The van der Waals surface area contributed by atoms with Crippen LogP contribution in [0.15, 0.2) is 47.4 Å². The monoisotopic (exact) mass is 487 g/mol. The lowest BCUT2D eigenvalue weighted by Crippen LogP contribution is -2.51. The quantitative estimate of drug-likeness (QED) is 0.646. The lowest BCUT2D eigenvalue weighted by molar-refractivity contribution is -0.137. The molecule has 170 valence electrons. The van der Waals surface area contributed by atoms with E-state index in [1.54, 1.807) is 24.3 Å². The van der Waals surface area contributed by atoms with Crippen molar-refractivity contribution in [2.75, 3.05) is 32.8 Å². The van der Waals surface area contributed by atoms with Gasteiger partial charge in [0.15, 0.2) is 6.61 Å². The number of rotatable bonds is 5. The van der Waals surface area contributed by atoms with Gasteiger partial charge in [0, 0.05) is 26.2 Å².